The zero-order chi connectivity index (χ0) is 13.0. The lowest BCUT2D eigenvalue weighted by atomic mass is 10.1. The van der Waals surface area contributed by atoms with E-state index in [4.69, 9.17) is 0 Å². The molecule has 1 aromatic carbocycles. The molecule has 18 heavy (non-hydrogen) atoms. The van der Waals surface area contributed by atoms with Gasteiger partial charge in [0.05, 0.1) is 5.69 Å². The number of rotatable bonds is 5. The highest BCUT2D eigenvalue weighted by Crippen LogP contribution is 2.22. The summed E-state index contributed by atoms with van der Waals surface area (Å²) in [6, 6.07) is 8.57. The zero-order valence-electron chi connectivity index (χ0n) is 10.6. The molecule has 0 aliphatic rings. The molecule has 0 unspecified atom stereocenters. The fourth-order valence-electron chi connectivity index (χ4n) is 1.66. The van der Waals surface area contributed by atoms with Gasteiger partial charge in [-0.2, -0.15) is 4.37 Å². The molecule has 0 atom stereocenters. The SMILES string of the molecule is CC(C)CNCc1cc(-c2cccc(F)c2)ns1. The lowest BCUT2D eigenvalue weighted by Crippen LogP contribution is -2.18. The second-order valence-electron chi connectivity index (χ2n) is 4.71. The van der Waals surface area contributed by atoms with Gasteiger partial charge in [0.2, 0.25) is 0 Å². The Balaban J connectivity index is 2.02. The molecule has 0 bridgehead atoms. The van der Waals surface area contributed by atoms with Crippen molar-refractivity contribution in [2.45, 2.75) is 20.4 Å². The summed E-state index contributed by atoms with van der Waals surface area (Å²) in [4.78, 5) is 1.18. The first-order valence-corrected chi connectivity index (χ1v) is 6.85. The van der Waals surface area contributed by atoms with Crippen LogP contribution in [0.15, 0.2) is 30.3 Å². The molecule has 96 valence electrons. The van der Waals surface area contributed by atoms with Crippen LogP contribution >= 0.6 is 11.5 Å². The zero-order valence-corrected chi connectivity index (χ0v) is 11.4. The van der Waals surface area contributed by atoms with Crippen molar-refractivity contribution in [2.24, 2.45) is 5.92 Å². The van der Waals surface area contributed by atoms with Crippen LogP contribution in [0.2, 0.25) is 0 Å². The third kappa shape index (κ3) is 3.62. The van der Waals surface area contributed by atoms with Crippen molar-refractivity contribution in [3.63, 3.8) is 0 Å². The molecule has 0 aliphatic carbocycles. The third-order valence-corrected chi connectivity index (χ3v) is 3.32. The minimum atomic E-state index is -0.222. The first kappa shape index (κ1) is 13.2. The first-order chi connectivity index (χ1) is 8.65. The summed E-state index contributed by atoms with van der Waals surface area (Å²) in [6.45, 7) is 6.17. The average Bonchev–Trinajstić information content (AvgIpc) is 2.77. The summed E-state index contributed by atoms with van der Waals surface area (Å²) in [5.41, 5.74) is 1.68. The summed E-state index contributed by atoms with van der Waals surface area (Å²) in [5, 5.41) is 3.37. The van der Waals surface area contributed by atoms with Gasteiger partial charge < -0.3 is 5.32 Å². The second kappa shape index (κ2) is 6.07. The number of hydrogen-bond donors (Lipinski definition) is 1. The maximum atomic E-state index is 13.1. The molecule has 2 aromatic rings. The Hall–Kier alpha value is -1.26. The van der Waals surface area contributed by atoms with E-state index >= 15 is 0 Å². The number of benzene rings is 1. The second-order valence-corrected chi connectivity index (χ2v) is 5.60. The molecular weight excluding hydrogens is 247 g/mol. The molecule has 0 saturated heterocycles. The van der Waals surface area contributed by atoms with Crippen LogP contribution in [0.5, 0.6) is 0 Å². The fraction of sp³-hybridized carbons (Fsp3) is 0.357. The third-order valence-electron chi connectivity index (χ3n) is 2.53. The molecule has 4 heteroatoms. The van der Waals surface area contributed by atoms with Crippen LogP contribution in [0.1, 0.15) is 18.7 Å². The minimum Gasteiger partial charge on any atom is -0.312 e. The molecule has 0 saturated carbocycles. The first-order valence-electron chi connectivity index (χ1n) is 6.07. The number of nitrogens with one attached hydrogen (secondary N) is 1. The Kier molecular flexibility index (Phi) is 4.44. The van der Waals surface area contributed by atoms with E-state index in [1.165, 1.54) is 28.5 Å². The molecule has 0 radical (unpaired) electrons. The molecule has 0 fully saturated rings. The molecular formula is C14H17FN2S. The predicted molar refractivity (Wildman–Crippen MR) is 74.1 cm³/mol. The Labute approximate surface area is 111 Å². The van der Waals surface area contributed by atoms with Gasteiger partial charge in [0.25, 0.3) is 0 Å². The van der Waals surface area contributed by atoms with Gasteiger partial charge in [-0.05, 0) is 42.2 Å². The highest BCUT2D eigenvalue weighted by molar-refractivity contribution is 7.06. The summed E-state index contributed by atoms with van der Waals surface area (Å²) < 4.78 is 17.5. The maximum absolute atomic E-state index is 13.1. The molecule has 0 spiro atoms. The predicted octanol–water partition coefficient (Wildman–Crippen LogP) is 3.69. The van der Waals surface area contributed by atoms with Gasteiger partial charge in [-0.15, -0.1) is 0 Å². The minimum absolute atomic E-state index is 0.222. The Bertz CT molecular complexity index is 508. The molecule has 0 aliphatic heterocycles. The van der Waals surface area contributed by atoms with E-state index in [1.54, 1.807) is 6.07 Å². The molecule has 1 N–H and O–H groups in total. The number of aromatic nitrogens is 1. The van der Waals surface area contributed by atoms with Crippen molar-refractivity contribution < 1.29 is 4.39 Å². The van der Waals surface area contributed by atoms with E-state index in [-0.39, 0.29) is 5.82 Å². The van der Waals surface area contributed by atoms with E-state index in [0.29, 0.717) is 5.92 Å². The number of hydrogen-bond acceptors (Lipinski definition) is 3. The van der Waals surface area contributed by atoms with Crippen molar-refractivity contribution in [3.8, 4) is 11.3 Å². The monoisotopic (exact) mass is 264 g/mol. The van der Waals surface area contributed by atoms with Gasteiger partial charge in [-0.25, -0.2) is 4.39 Å². The molecule has 2 rings (SSSR count). The van der Waals surface area contributed by atoms with Crippen molar-refractivity contribution in [3.05, 3.63) is 41.0 Å². The topological polar surface area (TPSA) is 24.9 Å². The van der Waals surface area contributed by atoms with Gasteiger partial charge in [0.15, 0.2) is 0 Å². The van der Waals surface area contributed by atoms with E-state index in [9.17, 15) is 4.39 Å². The van der Waals surface area contributed by atoms with E-state index in [0.717, 1.165) is 24.3 Å². The molecule has 1 aromatic heterocycles. The van der Waals surface area contributed by atoms with E-state index in [2.05, 4.69) is 23.5 Å². The molecule has 0 amide bonds. The van der Waals surface area contributed by atoms with Crippen molar-refractivity contribution in [1.29, 1.82) is 0 Å². The molecule has 1 heterocycles. The van der Waals surface area contributed by atoms with Crippen molar-refractivity contribution in [2.75, 3.05) is 6.54 Å². The van der Waals surface area contributed by atoms with Gasteiger partial charge >= 0.3 is 0 Å². The molecule has 2 nitrogen and oxygen atoms in total. The number of halogens is 1. The maximum Gasteiger partial charge on any atom is 0.123 e. The van der Waals surface area contributed by atoms with Crippen LogP contribution in [0, 0.1) is 11.7 Å². The Morgan fingerprint density at radius 3 is 2.89 bits per heavy atom. The van der Waals surface area contributed by atoms with Crippen molar-refractivity contribution in [1.82, 2.24) is 9.69 Å². The summed E-state index contributed by atoms with van der Waals surface area (Å²) in [6.07, 6.45) is 0. The number of nitrogens with zero attached hydrogens (tertiary/aromatic N) is 1. The standard InChI is InChI=1S/C14H17FN2S/c1-10(2)8-16-9-13-7-14(17-18-13)11-4-3-5-12(15)6-11/h3-7,10,16H,8-9H2,1-2H3. The van der Waals surface area contributed by atoms with Crippen LogP contribution in [0.4, 0.5) is 4.39 Å². The fourth-order valence-corrected chi connectivity index (χ4v) is 2.37. The largest absolute Gasteiger partial charge is 0.312 e. The highest BCUT2D eigenvalue weighted by atomic mass is 32.1. The van der Waals surface area contributed by atoms with E-state index < -0.39 is 0 Å². The van der Waals surface area contributed by atoms with Gasteiger partial charge in [-0.1, -0.05) is 26.0 Å². The lowest BCUT2D eigenvalue weighted by Gasteiger charge is -2.04. The Morgan fingerprint density at radius 2 is 2.17 bits per heavy atom. The van der Waals surface area contributed by atoms with Crippen LogP contribution in [-0.4, -0.2) is 10.9 Å². The Morgan fingerprint density at radius 1 is 1.33 bits per heavy atom. The van der Waals surface area contributed by atoms with Crippen LogP contribution in [0.25, 0.3) is 11.3 Å². The average molecular weight is 264 g/mol. The van der Waals surface area contributed by atoms with Crippen molar-refractivity contribution >= 4 is 11.5 Å². The lowest BCUT2D eigenvalue weighted by molar-refractivity contribution is 0.555. The highest BCUT2D eigenvalue weighted by Gasteiger charge is 2.05. The van der Waals surface area contributed by atoms with Crippen LogP contribution in [-0.2, 0) is 6.54 Å². The normalized spacial score (nSPS) is 11.1. The smallest absolute Gasteiger partial charge is 0.123 e. The summed E-state index contributed by atoms with van der Waals surface area (Å²) in [5.74, 6) is 0.417. The van der Waals surface area contributed by atoms with Gasteiger partial charge in [-0.3, -0.25) is 0 Å². The van der Waals surface area contributed by atoms with Crippen LogP contribution < -0.4 is 5.32 Å². The quantitative estimate of drug-likeness (QED) is 0.890. The summed E-state index contributed by atoms with van der Waals surface area (Å²) in [7, 11) is 0. The van der Waals surface area contributed by atoms with Gasteiger partial charge in [0, 0.05) is 17.0 Å². The van der Waals surface area contributed by atoms with Gasteiger partial charge in [0.1, 0.15) is 5.82 Å². The summed E-state index contributed by atoms with van der Waals surface area (Å²) >= 11 is 1.47. The van der Waals surface area contributed by atoms with Crippen LogP contribution in [0.3, 0.4) is 0 Å². The van der Waals surface area contributed by atoms with E-state index in [1.807, 2.05) is 12.1 Å².